The highest BCUT2D eigenvalue weighted by atomic mass is 28.4. The molecule has 8 heteroatoms. The van der Waals surface area contributed by atoms with Gasteiger partial charge in [-0.2, -0.15) is 0 Å². The number of likely N-dealkylation sites (tertiary alicyclic amines) is 1. The number of hydrogen-bond acceptors (Lipinski definition) is 5. The highest BCUT2D eigenvalue weighted by Gasteiger charge is 2.47. The summed E-state index contributed by atoms with van der Waals surface area (Å²) < 4.78 is 12.2. The van der Waals surface area contributed by atoms with Gasteiger partial charge in [-0.25, -0.2) is 4.79 Å². The molecule has 2 N–H and O–H groups in total. The molecule has 1 saturated heterocycles. The normalized spacial score (nSPS) is 23.9. The number of nitrogens with one attached hydrogen (secondary N) is 1. The maximum absolute atomic E-state index is 13.5. The highest BCUT2D eigenvalue weighted by molar-refractivity contribution is 6.74. The van der Waals surface area contributed by atoms with E-state index in [1.807, 2.05) is 54.6 Å². The maximum Gasteiger partial charge on any atom is 0.410 e. The van der Waals surface area contributed by atoms with Crippen LogP contribution in [0.4, 0.5) is 4.79 Å². The van der Waals surface area contributed by atoms with Gasteiger partial charge in [0.25, 0.3) is 0 Å². The minimum atomic E-state index is -2.11. The van der Waals surface area contributed by atoms with Crippen LogP contribution in [0, 0.1) is 0 Å². The Labute approximate surface area is 214 Å². The second-order valence-electron chi connectivity index (χ2n) is 11.4. The summed E-state index contributed by atoms with van der Waals surface area (Å²) >= 11 is 0. The molecule has 2 amide bonds. The number of carbonyl (C=O) groups excluding carboxylic acids is 2. The van der Waals surface area contributed by atoms with Crippen LogP contribution in [-0.4, -0.2) is 55.1 Å². The molecule has 2 aromatic carbocycles. The average molecular weight is 511 g/mol. The number of hydrogen-bond donors (Lipinski definition) is 2. The third-order valence-electron chi connectivity index (χ3n) is 7.77. The van der Waals surface area contributed by atoms with Crippen molar-refractivity contribution in [1.82, 2.24) is 10.2 Å². The molecule has 194 valence electrons. The van der Waals surface area contributed by atoms with Gasteiger partial charge in [0.1, 0.15) is 12.6 Å². The lowest BCUT2D eigenvalue weighted by Gasteiger charge is -2.38. The third-order valence-corrected chi connectivity index (χ3v) is 12.3. The number of fused-ring (bicyclic) bond motifs is 1. The molecular formula is C28H38N2O5Si. The summed E-state index contributed by atoms with van der Waals surface area (Å²) in [6, 6.07) is 16.0. The van der Waals surface area contributed by atoms with Crippen LogP contribution in [0.2, 0.25) is 18.1 Å². The van der Waals surface area contributed by atoms with Crippen molar-refractivity contribution >= 4 is 20.3 Å². The van der Waals surface area contributed by atoms with Gasteiger partial charge in [0.2, 0.25) is 5.91 Å². The Bertz CT molecular complexity index is 1080. The molecule has 1 aliphatic heterocycles. The second-order valence-corrected chi connectivity index (χ2v) is 16.2. The molecule has 0 bridgehead atoms. The summed E-state index contributed by atoms with van der Waals surface area (Å²) in [6.07, 6.45) is -0.612. The molecule has 0 radical (unpaired) electrons. The van der Waals surface area contributed by atoms with Crippen LogP contribution in [0.5, 0.6) is 0 Å². The largest absolute Gasteiger partial charge is 0.445 e. The second kappa shape index (κ2) is 10.4. The SMILES string of the molecule is CC(C)(C)[Si](C)(C)O[C@@H]1C[C@@H](C(=O)N[C@H]2c3ccccc3C[C@H]2O)N(C(=O)OCc2ccccc2)C1. The van der Waals surface area contributed by atoms with Crippen LogP contribution in [0.25, 0.3) is 0 Å². The van der Waals surface area contributed by atoms with Crippen molar-refractivity contribution in [1.29, 1.82) is 0 Å². The highest BCUT2D eigenvalue weighted by Crippen LogP contribution is 2.39. The van der Waals surface area contributed by atoms with Crippen LogP contribution in [0.1, 0.15) is 49.9 Å². The van der Waals surface area contributed by atoms with Crippen LogP contribution >= 0.6 is 0 Å². The van der Waals surface area contributed by atoms with E-state index in [1.165, 1.54) is 4.90 Å². The smallest absolute Gasteiger partial charge is 0.410 e. The van der Waals surface area contributed by atoms with Crippen molar-refractivity contribution in [2.24, 2.45) is 0 Å². The Morgan fingerprint density at radius 2 is 1.75 bits per heavy atom. The number of aliphatic hydroxyl groups excluding tert-OH is 1. The van der Waals surface area contributed by atoms with E-state index in [1.54, 1.807) is 0 Å². The van der Waals surface area contributed by atoms with E-state index in [0.29, 0.717) is 19.4 Å². The van der Waals surface area contributed by atoms with E-state index in [2.05, 4.69) is 39.2 Å². The fourth-order valence-electron chi connectivity index (χ4n) is 4.73. The van der Waals surface area contributed by atoms with E-state index in [0.717, 1.165) is 16.7 Å². The molecule has 36 heavy (non-hydrogen) atoms. The number of aliphatic hydroxyl groups is 1. The average Bonchev–Trinajstić information content (AvgIpc) is 3.38. The third kappa shape index (κ3) is 5.66. The predicted molar refractivity (Wildman–Crippen MR) is 141 cm³/mol. The maximum atomic E-state index is 13.5. The van der Waals surface area contributed by atoms with Crippen molar-refractivity contribution < 1.29 is 23.9 Å². The van der Waals surface area contributed by atoms with Gasteiger partial charge in [-0.3, -0.25) is 9.69 Å². The van der Waals surface area contributed by atoms with E-state index >= 15 is 0 Å². The van der Waals surface area contributed by atoms with Gasteiger partial charge < -0.3 is 19.6 Å². The Hall–Kier alpha value is -2.68. The van der Waals surface area contributed by atoms with Crippen LogP contribution < -0.4 is 5.32 Å². The predicted octanol–water partition coefficient (Wildman–Crippen LogP) is 4.56. The molecule has 4 atom stereocenters. The van der Waals surface area contributed by atoms with Crippen LogP contribution in [0.15, 0.2) is 54.6 Å². The molecular weight excluding hydrogens is 472 g/mol. The lowest BCUT2D eigenvalue weighted by molar-refractivity contribution is -0.126. The van der Waals surface area contributed by atoms with Gasteiger partial charge in [0.05, 0.1) is 18.2 Å². The minimum absolute atomic E-state index is 0.00363. The molecule has 0 unspecified atom stereocenters. The number of benzene rings is 2. The molecule has 2 aliphatic rings. The molecule has 2 aromatic rings. The molecule has 1 heterocycles. The Balaban J connectivity index is 1.50. The van der Waals surface area contributed by atoms with Crippen molar-refractivity contribution in [2.75, 3.05) is 6.54 Å². The first kappa shape index (κ1) is 26.4. The summed E-state index contributed by atoms with van der Waals surface area (Å²) in [7, 11) is -2.11. The number of ether oxygens (including phenoxy) is 1. The standard InChI is InChI=1S/C28H38N2O5Si/c1-28(2,3)36(4,5)35-21-16-23(30(17-21)27(33)34-18-19-11-7-6-8-12-19)26(32)29-25-22-14-10-9-13-20(22)15-24(25)31/h6-14,21,23-25,31H,15-18H2,1-5H3,(H,29,32)/t21-,23+,24-,25+/m1/s1. The lowest BCUT2D eigenvalue weighted by Crippen LogP contribution is -2.48. The van der Waals surface area contributed by atoms with E-state index < -0.39 is 32.6 Å². The quantitative estimate of drug-likeness (QED) is 0.556. The Morgan fingerprint density at radius 1 is 1.08 bits per heavy atom. The Kier molecular flexibility index (Phi) is 7.59. The van der Waals surface area contributed by atoms with E-state index in [4.69, 9.17) is 9.16 Å². The summed E-state index contributed by atoms with van der Waals surface area (Å²) in [6.45, 7) is 11.3. The summed E-state index contributed by atoms with van der Waals surface area (Å²) in [5.74, 6) is -0.297. The van der Waals surface area contributed by atoms with Gasteiger partial charge in [-0.05, 0) is 34.8 Å². The minimum Gasteiger partial charge on any atom is -0.445 e. The number of rotatable bonds is 6. The first-order valence-corrected chi connectivity index (χ1v) is 15.6. The fourth-order valence-corrected chi connectivity index (χ4v) is 6.08. The number of amides is 2. The van der Waals surface area contributed by atoms with E-state index in [-0.39, 0.29) is 23.7 Å². The van der Waals surface area contributed by atoms with Crippen LogP contribution in [-0.2, 0) is 27.0 Å². The summed E-state index contributed by atoms with van der Waals surface area (Å²) in [5, 5.41) is 13.7. The first-order chi connectivity index (χ1) is 17.0. The number of carbonyl (C=O) groups is 2. The Morgan fingerprint density at radius 3 is 2.44 bits per heavy atom. The zero-order valence-corrected chi connectivity index (χ0v) is 22.9. The molecule has 0 spiro atoms. The molecule has 7 nitrogen and oxygen atoms in total. The topological polar surface area (TPSA) is 88.1 Å². The fraction of sp³-hybridized carbons (Fsp3) is 0.500. The molecule has 0 saturated carbocycles. The first-order valence-electron chi connectivity index (χ1n) is 12.7. The zero-order chi connectivity index (χ0) is 26.1. The van der Waals surface area contributed by atoms with E-state index in [9.17, 15) is 14.7 Å². The van der Waals surface area contributed by atoms with Crippen molar-refractivity contribution in [3.63, 3.8) is 0 Å². The van der Waals surface area contributed by atoms with Gasteiger partial charge in [0.15, 0.2) is 8.32 Å². The lowest BCUT2D eigenvalue weighted by atomic mass is 10.1. The monoisotopic (exact) mass is 510 g/mol. The molecule has 4 rings (SSSR count). The molecule has 1 aliphatic carbocycles. The number of nitrogens with zero attached hydrogens (tertiary/aromatic N) is 1. The summed E-state index contributed by atoms with van der Waals surface area (Å²) in [4.78, 5) is 28.2. The van der Waals surface area contributed by atoms with Crippen molar-refractivity contribution in [2.45, 2.75) is 82.6 Å². The van der Waals surface area contributed by atoms with Crippen LogP contribution in [0.3, 0.4) is 0 Å². The zero-order valence-electron chi connectivity index (χ0n) is 21.9. The molecule has 1 fully saturated rings. The van der Waals surface area contributed by atoms with Gasteiger partial charge in [-0.1, -0.05) is 75.4 Å². The summed E-state index contributed by atoms with van der Waals surface area (Å²) in [5.41, 5.74) is 2.83. The van der Waals surface area contributed by atoms with Crippen molar-refractivity contribution in [3.05, 3.63) is 71.3 Å². The van der Waals surface area contributed by atoms with Gasteiger partial charge in [-0.15, -0.1) is 0 Å². The van der Waals surface area contributed by atoms with Gasteiger partial charge >= 0.3 is 6.09 Å². The molecule has 0 aromatic heterocycles. The van der Waals surface area contributed by atoms with Crippen molar-refractivity contribution in [3.8, 4) is 0 Å². The van der Waals surface area contributed by atoms with Gasteiger partial charge in [0, 0.05) is 19.4 Å².